The molecule has 0 radical (unpaired) electrons. The number of halogens is 1. The quantitative estimate of drug-likeness (QED) is 0.904. The van der Waals surface area contributed by atoms with E-state index >= 15 is 0 Å². The maximum Gasteiger partial charge on any atom is 0.407 e. The summed E-state index contributed by atoms with van der Waals surface area (Å²) in [5, 5.41) is 2.73. The van der Waals surface area contributed by atoms with E-state index in [9.17, 15) is 4.79 Å². The zero-order valence-electron chi connectivity index (χ0n) is 9.71. The smallest absolute Gasteiger partial charge is 0.407 e. The van der Waals surface area contributed by atoms with Crippen molar-refractivity contribution in [2.45, 2.75) is 32.9 Å². The molecule has 4 heteroatoms. The molecule has 16 heavy (non-hydrogen) atoms. The zero-order valence-corrected chi connectivity index (χ0v) is 11.3. The number of alkyl carbamates (subject to hydrolysis) is 1. The van der Waals surface area contributed by atoms with E-state index in [-0.39, 0.29) is 12.1 Å². The Morgan fingerprint density at radius 2 is 2.00 bits per heavy atom. The number of nitrogens with one attached hydrogen (secondary N) is 1. The van der Waals surface area contributed by atoms with E-state index in [4.69, 9.17) is 4.74 Å². The molecule has 0 aromatic heterocycles. The van der Waals surface area contributed by atoms with Gasteiger partial charge in [-0.3, -0.25) is 0 Å². The van der Waals surface area contributed by atoms with Crippen molar-refractivity contribution in [3.05, 3.63) is 34.3 Å². The molecule has 0 heterocycles. The Bertz CT molecular complexity index is 372. The highest BCUT2D eigenvalue weighted by Crippen LogP contribution is 2.16. The van der Waals surface area contributed by atoms with Gasteiger partial charge in [-0.25, -0.2) is 4.79 Å². The Morgan fingerprint density at radius 3 is 2.56 bits per heavy atom. The van der Waals surface area contributed by atoms with Crippen molar-refractivity contribution in [3.63, 3.8) is 0 Å². The largest absolute Gasteiger partial charge is 0.445 e. The summed E-state index contributed by atoms with van der Waals surface area (Å²) >= 11 is 3.40. The fourth-order valence-corrected chi connectivity index (χ4v) is 1.50. The molecule has 0 fully saturated rings. The minimum absolute atomic E-state index is 0.267. The first-order valence-corrected chi connectivity index (χ1v) is 5.86. The highest BCUT2D eigenvalue weighted by molar-refractivity contribution is 9.10. The van der Waals surface area contributed by atoms with Gasteiger partial charge in [0.2, 0.25) is 0 Å². The molecule has 0 bridgehead atoms. The molecule has 0 aliphatic carbocycles. The van der Waals surface area contributed by atoms with Crippen molar-refractivity contribution < 1.29 is 9.53 Å². The van der Waals surface area contributed by atoms with Crippen LogP contribution in [-0.2, 0) is 11.3 Å². The van der Waals surface area contributed by atoms with Crippen LogP contribution in [0, 0.1) is 0 Å². The van der Waals surface area contributed by atoms with Crippen molar-refractivity contribution >= 4 is 22.0 Å². The van der Waals surface area contributed by atoms with Crippen molar-refractivity contribution in [3.8, 4) is 0 Å². The standard InChI is InChI=1S/C12H16BrNO2/c1-12(2,3)14-11(15)16-8-9-6-4-5-7-10(9)13/h4-7H,8H2,1-3H3,(H,14,15). The van der Waals surface area contributed by atoms with E-state index < -0.39 is 6.09 Å². The molecule has 0 saturated carbocycles. The van der Waals surface area contributed by atoms with Crippen molar-refractivity contribution in [2.75, 3.05) is 0 Å². The molecule has 0 aliphatic heterocycles. The van der Waals surface area contributed by atoms with E-state index in [0.717, 1.165) is 10.0 Å². The second kappa shape index (κ2) is 5.34. The Hall–Kier alpha value is -1.03. The first kappa shape index (κ1) is 13.0. The van der Waals surface area contributed by atoms with Gasteiger partial charge in [0.15, 0.2) is 0 Å². The Balaban J connectivity index is 2.47. The van der Waals surface area contributed by atoms with Crippen molar-refractivity contribution in [2.24, 2.45) is 0 Å². The zero-order chi connectivity index (χ0) is 12.2. The van der Waals surface area contributed by atoms with Gasteiger partial charge >= 0.3 is 6.09 Å². The van der Waals surface area contributed by atoms with Gasteiger partial charge in [0.1, 0.15) is 6.61 Å². The number of benzene rings is 1. The third kappa shape index (κ3) is 4.66. The third-order valence-corrected chi connectivity index (χ3v) is 2.57. The highest BCUT2D eigenvalue weighted by Gasteiger charge is 2.14. The summed E-state index contributed by atoms with van der Waals surface area (Å²) in [6, 6.07) is 7.66. The molecular formula is C12H16BrNO2. The molecule has 1 amide bonds. The van der Waals surface area contributed by atoms with Crippen molar-refractivity contribution in [1.29, 1.82) is 0 Å². The predicted molar refractivity (Wildman–Crippen MR) is 67.2 cm³/mol. The number of rotatable bonds is 2. The first-order chi connectivity index (χ1) is 7.38. The van der Waals surface area contributed by atoms with Gasteiger partial charge in [-0.05, 0) is 26.8 Å². The van der Waals surface area contributed by atoms with E-state index in [1.165, 1.54) is 0 Å². The van der Waals surface area contributed by atoms with Crippen LogP contribution >= 0.6 is 15.9 Å². The van der Waals surface area contributed by atoms with Gasteiger partial charge in [-0.1, -0.05) is 34.1 Å². The molecule has 1 aromatic rings. The minimum atomic E-state index is -0.400. The molecule has 1 aromatic carbocycles. The van der Waals surface area contributed by atoms with Crippen LogP contribution in [0.1, 0.15) is 26.3 Å². The van der Waals surface area contributed by atoms with Crippen molar-refractivity contribution in [1.82, 2.24) is 5.32 Å². The van der Waals surface area contributed by atoms with Crippen LogP contribution in [0.5, 0.6) is 0 Å². The fraction of sp³-hybridized carbons (Fsp3) is 0.417. The number of amides is 1. The molecule has 3 nitrogen and oxygen atoms in total. The Kier molecular flexibility index (Phi) is 4.35. The van der Waals surface area contributed by atoms with Gasteiger partial charge in [0, 0.05) is 15.6 Å². The van der Waals surface area contributed by atoms with Crippen LogP contribution in [0.15, 0.2) is 28.7 Å². The number of carbonyl (C=O) groups excluding carboxylic acids is 1. The second-order valence-electron chi connectivity index (χ2n) is 4.54. The van der Waals surface area contributed by atoms with E-state index in [1.54, 1.807) is 0 Å². The fourth-order valence-electron chi connectivity index (χ4n) is 1.10. The number of hydrogen-bond donors (Lipinski definition) is 1. The lowest BCUT2D eigenvalue weighted by molar-refractivity contribution is 0.131. The maximum absolute atomic E-state index is 11.4. The summed E-state index contributed by atoms with van der Waals surface area (Å²) in [7, 11) is 0. The molecular weight excluding hydrogens is 270 g/mol. The molecule has 0 unspecified atom stereocenters. The lowest BCUT2D eigenvalue weighted by atomic mass is 10.1. The van der Waals surface area contributed by atoms with Crippen LogP contribution < -0.4 is 5.32 Å². The summed E-state index contributed by atoms with van der Waals surface area (Å²) in [5.74, 6) is 0. The minimum Gasteiger partial charge on any atom is -0.445 e. The molecule has 1 rings (SSSR count). The number of hydrogen-bond acceptors (Lipinski definition) is 2. The Labute approximate surface area is 104 Å². The maximum atomic E-state index is 11.4. The Morgan fingerprint density at radius 1 is 1.38 bits per heavy atom. The molecule has 1 N–H and O–H groups in total. The predicted octanol–water partition coefficient (Wildman–Crippen LogP) is 3.47. The average molecular weight is 286 g/mol. The van der Waals surface area contributed by atoms with Gasteiger partial charge < -0.3 is 10.1 Å². The van der Waals surface area contributed by atoms with Crippen LogP contribution in [0.2, 0.25) is 0 Å². The van der Waals surface area contributed by atoms with Gasteiger partial charge in [0.05, 0.1) is 0 Å². The normalized spacial score (nSPS) is 11.0. The van der Waals surface area contributed by atoms with E-state index in [1.807, 2.05) is 45.0 Å². The van der Waals surface area contributed by atoms with Crippen LogP contribution in [0.25, 0.3) is 0 Å². The lowest BCUT2D eigenvalue weighted by Crippen LogP contribution is -2.40. The molecule has 0 aliphatic rings. The van der Waals surface area contributed by atoms with Crippen LogP contribution in [0.3, 0.4) is 0 Å². The molecule has 88 valence electrons. The van der Waals surface area contributed by atoms with Crippen LogP contribution in [-0.4, -0.2) is 11.6 Å². The number of ether oxygens (including phenoxy) is 1. The monoisotopic (exact) mass is 285 g/mol. The number of carbonyl (C=O) groups is 1. The second-order valence-corrected chi connectivity index (χ2v) is 5.40. The third-order valence-electron chi connectivity index (χ3n) is 1.79. The average Bonchev–Trinajstić information content (AvgIpc) is 2.14. The lowest BCUT2D eigenvalue weighted by Gasteiger charge is -2.20. The van der Waals surface area contributed by atoms with E-state index in [0.29, 0.717) is 0 Å². The van der Waals surface area contributed by atoms with Gasteiger partial charge in [0.25, 0.3) is 0 Å². The summed E-state index contributed by atoms with van der Waals surface area (Å²) in [5.41, 5.74) is 0.678. The SMILES string of the molecule is CC(C)(C)NC(=O)OCc1ccccc1Br. The summed E-state index contributed by atoms with van der Waals surface area (Å²) in [6.45, 7) is 6.00. The molecule has 0 saturated heterocycles. The van der Waals surface area contributed by atoms with Gasteiger partial charge in [-0.15, -0.1) is 0 Å². The highest BCUT2D eigenvalue weighted by atomic mass is 79.9. The summed E-state index contributed by atoms with van der Waals surface area (Å²) in [4.78, 5) is 11.4. The summed E-state index contributed by atoms with van der Waals surface area (Å²) in [6.07, 6.45) is -0.400. The first-order valence-electron chi connectivity index (χ1n) is 5.07. The summed E-state index contributed by atoms with van der Waals surface area (Å²) < 4.78 is 6.05. The van der Waals surface area contributed by atoms with Gasteiger partial charge in [-0.2, -0.15) is 0 Å². The van der Waals surface area contributed by atoms with E-state index in [2.05, 4.69) is 21.2 Å². The topological polar surface area (TPSA) is 38.3 Å². The molecule has 0 spiro atoms. The molecule has 0 atom stereocenters. The van der Waals surface area contributed by atoms with Crippen LogP contribution in [0.4, 0.5) is 4.79 Å².